The van der Waals surface area contributed by atoms with Crippen LogP contribution in [0.5, 0.6) is 0 Å². The minimum atomic E-state index is -0.370. The summed E-state index contributed by atoms with van der Waals surface area (Å²) in [5, 5.41) is 0. The topological polar surface area (TPSA) is 0 Å². The fourth-order valence-electron chi connectivity index (χ4n) is 13.1. The Morgan fingerprint density at radius 1 is 0.291 bits per heavy atom. The molecule has 0 aliphatic heterocycles. The van der Waals surface area contributed by atoms with Crippen LogP contribution in [-0.4, -0.2) is 0 Å². The summed E-state index contributed by atoms with van der Waals surface area (Å²) >= 11 is 0. The van der Waals surface area contributed by atoms with Crippen molar-refractivity contribution < 1.29 is 0 Å². The monoisotopic (exact) mass is 1020 g/mol. The number of fused-ring (bicyclic) bond motifs is 6. The van der Waals surface area contributed by atoms with Crippen LogP contribution < -0.4 is 0 Å². The molecular weight excluding hydrogens is 949 g/mol. The molecule has 1 unspecified atom stereocenters. The van der Waals surface area contributed by atoms with E-state index in [2.05, 4.69) is 305 Å². The van der Waals surface area contributed by atoms with Gasteiger partial charge in [0.1, 0.15) is 0 Å². The molecule has 0 heteroatoms. The molecule has 0 nitrogen and oxygen atoms in total. The average molecular weight is 1020 g/mol. The van der Waals surface area contributed by atoms with Gasteiger partial charge >= 0.3 is 0 Å². The first kappa shape index (κ1) is 50.0. The molecule has 1 atom stereocenters. The van der Waals surface area contributed by atoms with E-state index in [1.54, 1.807) is 0 Å². The van der Waals surface area contributed by atoms with Gasteiger partial charge in [-0.15, -0.1) is 0 Å². The minimum Gasteiger partial charge on any atom is -0.0622 e. The molecule has 2 aliphatic rings. The summed E-state index contributed by atoms with van der Waals surface area (Å²) in [6.45, 7) is 21.4. The van der Waals surface area contributed by atoms with Crippen LogP contribution in [-0.2, 0) is 16.2 Å². The van der Waals surface area contributed by atoms with Gasteiger partial charge in [0.05, 0.1) is 0 Å². The lowest BCUT2D eigenvalue weighted by atomic mass is 9.73. The molecule has 0 saturated heterocycles. The Balaban J connectivity index is 1.06. The van der Waals surface area contributed by atoms with Crippen molar-refractivity contribution in [2.45, 2.75) is 84.5 Å². The van der Waals surface area contributed by atoms with E-state index in [1.165, 1.54) is 145 Å². The van der Waals surface area contributed by atoms with E-state index < -0.39 is 0 Å². The number of hydrogen-bond acceptors (Lipinski definition) is 0. The van der Waals surface area contributed by atoms with Crippen molar-refractivity contribution >= 4 is 0 Å². The lowest BCUT2D eigenvalue weighted by molar-refractivity contribution is 0.590. The molecule has 0 spiro atoms. The molecule has 0 saturated carbocycles. The van der Waals surface area contributed by atoms with Crippen LogP contribution in [0.15, 0.2) is 243 Å². The molecule has 0 radical (unpaired) electrons. The first-order valence-corrected chi connectivity index (χ1v) is 28.4. The van der Waals surface area contributed by atoms with Gasteiger partial charge < -0.3 is 0 Å². The summed E-state index contributed by atoms with van der Waals surface area (Å²) in [5.41, 5.74) is 33.2. The minimum absolute atomic E-state index is 0.0192. The Labute approximate surface area is 469 Å². The highest BCUT2D eigenvalue weighted by Crippen LogP contribution is 2.64. The molecule has 79 heavy (non-hydrogen) atoms. The van der Waals surface area contributed by atoms with Crippen molar-refractivity contribution in [3.63, 3.8) is 0 Å². The zero-order chi connectivity index (χ0) is 54.4. The Morgan fingerprint density at radius 2 is 0.633 bits per heavy atom. The smallest absolute Gasteiger partial charge is 0.0165 e. The molecule has 0 bridgehead atoms. The van der Waals surface area contributed by atoms with E-state index in [9.17, 15) is 0 Å². The summed E-state index contributed by atoms with van der Waals surface area (Å²) in [6, 6.07) is 91.7. The molecule has 11 aromatic carbocycles. The first-order chi connectivity index (χ1) is 38.1. The number of hydrogen-bond donors (Lipinski definition) is 0. The Bertz CT molecular complexity index is 3990. The van der Waals surface area contributed by atoms with Crippen LogP contribution in [0, 0.1) is 0 Å². The highest BCUT2D eigenvalue weighted by molar-refractivity contribution is 6.08. The quantitative estimate of drug-likeness (QED) is 0.142. The van der Waals surface area contributed by atoms with Gasteiger partial charge in [-0.25, -0.2) is 0 Å². The van der Waals surface area contributed by atoms with E-state index >= 15 is 0 Å². The second kappa shape index (κ2) is 19.1. The fraction of sp³-hybridized carbons (Fsp3) is 0.165. The van der Waals surface area contributed by atoms with E-state index in [-0.39, 0.29) is 22.2 Å². The molecule has 0 fully saturated rings. The highest BCUT2D eigenvalue weighted by atomic mass is 14.5. The summed E-state index contributed by atoms with van der Waals surface area (Å²) < 4.78 is 0. The van der Waals surface area contributed by atoms with E-state index in [0.717, 1.165) is 0 Å². The maximum absolute atomic E-state index is 2.54. The molecule has 0 aromatic heterocycles. The zero-order valence-corrected chi connectivity index (χ0v) is 47.2. The van der Waals surface area contributed by atoms with Crippen LogP contribution in [0.1, 0.15) is 102 Å². The Hall–Kier alpha value is -8.58. The standard InChI is InChI=1S/C79H68/c1-50-69-48-57(63-44-59(51-22-14-10-15-23-51)42-60(45-63)52-24-16-11-17-25-52)34-40-67(69)74-71(50)72(55-30-36-65(37-31-55)77(2,3)4)75-68-41-35-58(49-70(68)79(8,9)76(75)73(74)56-32-38-66(39-33-56)78(5,6)7)64-46-61(53-26-18-12-19-27-53)43-62(47-64)54-28-20-13-21-29-54/h10-50H,1-9H3. The van der Waals surface area contributed by atoms with Gasteiger partial charge in [-0.05, 0) is 204 Å². The zero-order valence-electron chi connectivity index (χ0n) is 47.2. The summed E-state index contributed by atoms with van der Waals surface area (Å²) in [6.07, 6.45) is 0. The van der Waals surface area contributed by atoms with Crippen LogP contribution >= 0.6 is 0 Å². The van der Waals surface area contributed by atoms with Gasteiger partial charge in [0.25, 0.3) is 0 Å². The second-order valence-electron chi connectivity index (χ2n) is 24.9. The highest BCUT2D eigenvalue weighted by Gasteiger charge is 2.45. The molecule has 0 heterocycles. The number of rotatable bonds is 8. The summed E-state index contributed by atoms with van der Waals surface area (Å²) in [4.78, 5) is 0. The van der Waals surface area contributed by atoms with Crippen molar-refractivity contribution in [1.29, 1.82) is 0 Å². The molecule has 384 valence electrons. The Kier molecular flexibility index (Phi) is 12.1. The van der Waals surface area contributed by atoms with Gasteiger partial charge in [-0.3, -0.25) is 0 Å². The van der Waals surface area contributed by atoms with E-state index in [4.69, 9.17) is 0 Å². The molecule has 0 amide bonds. The second-order valence-corrected chi connectivity index (χ2v) is 24.9. The molecule has 13 rings (SSSR count). The van der Waals surface area contributed by atoms with Gasteiger partial charge in [0.15, 0.2) is 0 Å². The largest absolute Gasteiger partial charge is 0.0622 e. The van der Waals surface area contributed by atoms with Crippen molar-refractivity contribution in [2.75, 3.05) is 0 Å². The maximum Gasteiger partial charge on any atom is 0.0165 e. The van der Waals surface area contributed by atoms with Crippen LogP contribution in [0.3, 0.4) is 0 Å². The van der Waals surface area contributed by atoms with E-state index in [1.807, 2.05) is 0 Å². The lowest BCUT2D eigenvalue weighted by Gasteiger charge is -2.29. The maximum atomic E-state index is 2.54. The van der Waals surface area contributed by atoms with Crippen molar-refractivity contribution in [3.8, 4) is 111 Å². The van der Waals surface area contributed by atoms with Crippen molar-refractivity contribution in [3.05, 3.63) is 276 Å². The summed E-state index contributed by atoms with van der Waals surface area (Å²) in [7, 11) is 0. The molecular formula is C79H68. The van der Waals surface area contributed by atoms with Gasteiger partial charge in [-0.2, -0.15) is 0 Å². The fourth-order valence-corrected chi connectivity index (χ4v) is 13.1. The first-order valence-electron chi connectivity index (χ1n) is 28.4. The van der Waals surface area contributed by atoms with Crippen LogP contribution in [0.4, 0.5) is 0 Å². The SMILES string of the molecule is CC1c2cc(-c3cc(-c4ccccc4)cc(-c4ccccc4)c3)ccc2-c2c(-c3ccc(C(C)(C)C)cc3)c3c(c(-c4ccc(C(C)(C)C)cc4)c21)-c1ccc(-c2cc(-c4ccccc4)cc(-c4ccccc4)c2)cc1C3(C)C. The third-order valence-corrected chi connectivity index (χ3v) is 17.4. The predicted octanol–water partition coefficient (Wildman–Crippen LogP) is 22.1. The summed E-state index contributed by atoms with van der Waals surface area (Å²) in [5.74, 6) is 0.106. The normalized spacial score (nSPS) is 14.1. The van der Waals surface area contributed by atoms with Gasteiger partial charge in [-0.1, -0.05) is 256 Å². The number of benzene rings is 11. The van der Waals surface area contributed by atoms with Crippen molar-refractivity contribution in [2.24, 2.45) is 0 Å². The average Bonchev–Trinajstić information content (AvgIpc) is 2.64. The van der Waals surface area contributed by atoms with E-state index in [0.29, 0.717) is 0 Å². The van der Waals surface area contributed by atoms with Gasteiger partial charge in [0, 0.05) is 11.3 Å². The predicted molar refractivity (Wildman–Crippen MR) is 338 cm³/mol. The third kappa shape index (κ3) is 8.79. The van der Waals surface area contributed by atoms with Crippen molar-refractivity contribution in [1.82, 2.24) is 0 Å². The van der Waals surface area contributed by atoms with Gasteiger partial charge in [0.2, 0.25) is 0 Å². The molecule has 2 aliphatic carbocycles. The van der Waals surface area contributed by atoms with Crippen LogP contribution in [0.25, 0.3) is 111 Å². The Morgan fingerprint density at radius 3 is 1.03 bits per heavy atom. The third-order valence-electron chi connectivity index (χ3n) is 17.4. The molecule has 0 N–H and O–H groups in total. The van der Waals surface area contributed by atoms with Crippen LogP contribution in [0.2, 0.25) is 0 Å². The lowest BCUT2D eigenvalue weighted by Crippen LogP contribution is -2.17. The molecule has 11 aromatic rings.